The molecule has 0 atom stereocenters. The summed E-state index contributed by atoms with van der Waals surface area (Å²) in [6, 6.07) is 13.2. The van der Waals surface area contributed by atoms with Crippen LogP contribution < -0.4 is 0 Å². The summed E-state index contributed by atoms with van der Waals surface area (Å²) in [6.07, 6.45) is 1.88. The van der Waals surface area contributed by atoms with Gasteiger partial charge >= 0.3 is 5.97 Å². The highest BCUT2D eigenvalue weighted by Gasteiger charge is 2.15. The van der Waals surface area contributed by atoms with Crippen molar-refractivity contribution in [3.63, 3.8) is 0 Å². The molecule has 0 amide bonds. The van der Waals surface area contributed by atoms with E-state index in [1.807, 2.05) is 48.7 Å². The Morgan fingerprint density at radius 2 is 1.85 bits per heavy atom. The highest BCUT2D eigenvalue weighted by molar-refractivity contribution is 7.99. The lowest BCUT2D eigenvalue weighted by molar-refractivity contribution is 0.0689. The van der Waals surface area contributed by atoms with Gasteiger partial charge in [0.05, 0.1) is 5.56 Å². The summed E-state index contributed by atoms with van der Waals surface area (Å²) in [5, 5.41) is 10.1. The molecule has 0 spiro atoms. The van der Waals surface area contributed by atoms with Gasteiger partial charge in [0, 0.05) is 20.6 Å². The van der Waals surface area contributed by atoms with E-state index < -0.39 is 5.97 Å². The standard InChI is InChI=1S/C15H13ClO2S2/c1-19-12-7-4-8-13(14(12)15(17)18)20-9-10-5-2-3-6-11(10)16/h2-8H,9H2,1H3,(H,17,18). The lowest BCUT2D eigenvalue weighted by Crippen LogP contribution is -2.01. The lowest BCUT2D eigenvalue weighted by atomic mass is 10.2. The average Bonchev–Trinajstić information content (AvgIpc) is 2.45. The van der Waals surface area contributed by atoms with Gasteiger partial charge in [-0.15, -0.1) is 23.5 Å². The molecule has 0 saturated heterocycles. The fraction of sp³-hybridized carbons (Fsp3) is 0.133. The van der Waals surface area contributed by atoms with Crippen LogP contribution in [-0.2, 0) is 5.75 Å². The maximum atomic E-state index is 11.4. The summed E-state index contributed by atoms with van der Waals surface area (Å²) in [6.45, 7) is 0. The Balaban J connectivity index is 2.26. The summed E-state index contributed by atoms with van der Waals surface area (Å²) in [7, 11) is 0. The van der Waals surface area contributed by atoms with Crippen molar-refractivity contribution in [1.82, 2.24) is 0 Å². The van der Waals surface area contributed by atoms with E-state index in [-0.39, 0.29) is 0 Å². The first-order valence-electron chi connectivity index (χ1n) is 5.90. The molecule has 0 aromatic heterocycles. The molecular weight excluding hydrogens is 312 g/mol. The predicted molar refractivity (Wildman–Crippen MR) is 86.2 cm³/mol. The first-order valence-corrected chi connectivity index (χ1v) is 8.49. The molecule has 0 aliphatic rings. The van der Waals surface area contributed by atoms with E-state index in [4.69, 9.17) is 11.6 Å². The molecular formula is C15H13ClO2S2. The van der Waals surface area contributed by atoms with Crippen LogP contribution in [0.1, 0.15) is 15.9 Å². The second-order valence-corrected chi connectivity index (χ2v) is 6.29. The van der Waals surface area contributed by atoms with Crippen molar-refractivity contribution in [2.75, 3.05) is 6.26 Å². The molecule has 0 saturated carbocycles. The largest absolute Gasteiger partial charge is 0.478 e. The molecule has 1 N–H and O–H groups in total. The Morgan fingerprint density at radius 1 is 1.15 bits per heavy atom. The number of halogens is 1. The van der Waals surface area contributed by atoms with Gasteiger partial charge in [0.25, 0.3) is 0 Å². The number of thioether (sulfide) groups is 2. The van der Waals surface area contributed by atoms with Crippen LogP contribution >= 0.6 is 35.1 Å². The number of rotatable bonds is 5. The normalized spacial score (nSPS) is 10.5. The van der Waals surface area contributed by atoms with Crippen molar-refractivity contribution < 1.29 is 9.90 Å². The molecule has 20 heavy (non-hydrogen) atoms. The Bertz CT molecular complexity index is 629. The maximum Gasteiger partial charge on any atom is 0.337 e. The van der Waals surface area contributed by atoms with Crippen LogP contribution in [0.25, 0.3) is 0 Å². The molecule has 0 bridgehead atoms. The Labute approximate surface area is 131 Å². The van der Waals surface area contributed by atoms with E-state index in [1.54, 1.807) is 0 Å². The van der Waals surface area contributed by atoms with Crippen LogP contribution in [0.4, 0.5) is 0 Å². The molecule has 0 aliphatic heterocycles. The molecule has 104 valence electrons. The third-order valence-electron chi connectivity index (χ3n) is 2.76. The first kappa shape index (κ1) is 15.3. The number of carboxylic acid groups (broad SMARTS) is 1. The van der Waals surface area contributed by atoms with Gasteiger partial charge in [-0.05, 0) is 30.0 Å². The summed E-state index contributed by atoms with van der Waals surface area (Å²) in [5.41, 5.74) is 1.38. The highest BCUT2D eigenvalue weighted by Crippen LogP contribution is 2.33. The van der Waals surface area contributed by atoms with Crippen molar-refractivity contribution in [2.45, 2.75) is 15.5 Å². The van der Waals surface area contributed by atoms with Crippen LogP contribution in [0.2, 0.25) is 5.02 Å². The van der Waals surface area contributed by atoms with Crippen LogP contribution in [0.15, 0.2) is 52.3 Å². The molecule has 2 nitrogen and oxygen atoms in total. The van der Waals surface area contributed by atoms with E-state index in [0.29, 0.717) is 16.3 Å². The number of hydrogen-bond donors (Lipinski definition) is 1. The topological polar surface area (TPSA) is 37.3 Å². The third kappa shape index (κ3) is 3.51. The number of hydrogen-bond acceptors (Lipinski definition) is 3. The molecule has 2 rings (SSSR count). The summed E-state index contributed by atoms with van der Waals surface area (Å²) < 4.78 is 0. The third-order valence-corrected chi connectivity index (χ3v) is 5.02. The van der Waals surface area contributed by atoms with E-state index in [9.17, 15) is 9.90 Å². The van der Waals surface area contributed by atoms with Gasteiger partial charge in [-0.2, -0.15) is 0 Å². The van der Waals surface area contributed by atoms with Crippen molar-refractivity contribution >= 4 is 41.1 Å². The minimum absolute atomic E-state index is 0.372. The van der Waals surface area contributed by atoms with Crippen molar-refractivity contribution in [2.24, 2.45) is 0 Å². The molecule has 5 heteroatoms. The lowest BCUT2D eigenvalue weighted by Gasteiger charge is -2.10. The van der Waals surface area contributed by atoms with E-state index in [2.05, 4.69) is 0 Å². The van der Waals surface area contributed by atoms with E-state index in [0.717, 1.165) is 15.4 Å². The monoisotopic (exact) mass is 324 g/mol. The first-order chi connectivity index (χ1) is 9.63. The number of carbonyl (C=O) groups is 1. The van der Waals surface area contributed by atoms with Crippen molar-refractivity contribution in [3.05, 3.63) is 58.6 Å². The molecule has 0 radical (unpaired) electrons. The summed E-state index contributed by atoms with van der Waals surface area (Å²) in [4.78, 5) is 13.0. The molecule has 0 fully saturated rings. The molecule has 0 aliphatic carbocycles. The van der Waals surface area contributed by atoms with Crippen LogP contribution in [0, 0.1) is 0 Å². The molecule has 2 aromatic rings. The van der Waals surface area contributed by atoms with E-state index >= 15 is 0 Å². The van der Waals surface area contributed by atoms with Crippen LogP contribution in [0.3, 0.4) is 0 Å². The van der Waals surface area contributed by atoms with Gasteiger partial charge in [0.2, 0.25) is 0 Å². The minimum atomic E-state index is -0.892. The Morgan fingerprint density at radius 3 is 2.50 bits per heavy atom. The number of aromatic carboxylic acids is 1. The predicted octanol–water partition coefficient (Wildman–Crippen LogP) is 5.05. The zero-order chi connectivity index (χ0) is 14.5. The van der Waals surface area contributed by atoms with Crippen molar-refractivity contribution in [3.8, 4) is 0 Å². The summed E-state index contributed by atoms with van der Waals surface area (Å²) in [5.74, 6) is -0.241. The zero-order valence-corrected chi connectivity index (χ0v) is 13.2. The quantitative estimate of drug-likeness (QED) is 0.781. The molecule has 0 heterocycles. The summed E-state index contributed by atoms with van der Waals surface area (Å²) >= 11 is 9.05. The van der Waals surface area contributed by atoms with Crippen molar-refractivity contribution in [1.29, 1.82) is 0 Å². The Hall–Kier alpha value is -1.10. The van der Waals surface area contributed by atoms with E-state index in [1.165, 1.54) is 23.5 Å². The van der Waals surface area contributed by atoms with Gasteiger partial charge < -0.3 is 5.11 Å². The van der Waals surface area contributed by atoms with Crippen LogP contribution in [-0.4, -0.2) is 17.3 Å². The van der Waals surface area contributed by atoms with Gasteiger partial charge in [-0.3, -0.25) is 0 Å². The number of carboxylic acids is 1. The second kappa shape index (κ2) is 7.07. The fourth-order valence-electron chi connectivity index (χ4n) is 1.78. The fourth-order valence-corrected chi connectivity index (χ4v) is 3.82. The SMILES string of the molecule is CSc1cccc(SCc2ccccc2Cl)c1C(=O)O. The van der Waals surface area contributed by atoms with Gasteiger partial charge in [-0.1, -0.05) is 35.9 Å². The zero-order valence-electron chi connectivity index (χ0n) is 10.8. The van der Waals surface area contributed by atoms with Crippen LogP contribution in [0.5, 0.6) is 0 Å². The molecule has 0 unspecified atom stereocenters. The maximum absolute atomic E-state index is 11.4. The molecule has 2 aromatic carbocycles. The van der Waals surface area contributed by atoms with Gasteiger partial charge in [0.15, 0.2) is 0 Å². The number of benzene rings is 2. The highest BCUT2D eigenvalue weighted by atomic mass is 35.5. The Kier molecular flexibility index (Phi) is 5.40. The second-order valence-electron chi connectivity index (χ2n) is 4.02. The average molecular weight is 325 g/mol. The smallest absolute Gasteiger partial charge is 0.337 e. The van der Waals surface area contributed by atoms with Gasteiger partial charge in [0.1, 0.15) is 0 Å². The minimum Gasteiger partial charge on any atom is -0.478 e. The van der Waals surface area contributed by atoms with Gasteiger partial charge in [-0.25, -0.2) is 4.79 Å².